The van der Waals surface area contributed by atoms with E-state index in [2.05, 4.69) is 9.26 Å². The smallest absolute Gasteiger partial charge is 0.469 e. The minimum atomic E-state index is -4.73. The Morgan fingerprint density at radius 2 is 2.12 bits per heavy atom. The van der Waals surface area contributed by atoms with Crippen molar-refractivity contribution in [3.8, 4) is 0 Å². The van der Waals surface area contributed by atoms with Crippen molar-refractivity contribution in [2.45, 2.75) is 24.4 Å². The van der Waals surface area contributed by atoms with Crippen molar-refractivity contribution < 1.29 is 43.7 Å². The second-order valence-corrected chi connectivity index (χ2v) is 4.54. The number of aliphatic hydroxyl groups excluding tert-OH is 1. The summed E-state index contributed by atoms with van der Waals surface area (Å²) in [5.74, 6) is -4.24. The molecule has 9 nitrogen and oxygen atoms in total. The third-order valence-corrected chi connectivity index (χ3v) is 2.49. The first-order valence-corrected chi connectivity index (χ1v) is 5.69. The Hall–Kier alpha value is -0.540. The second kappa shape index (κ2) is 4.38. The summed E-state index contributed by atoms with van der Waals surface area (Å²) in [4.78, 5) is 27.3. The van der Waals surface area contributed by atoms with Gasteiger partial charge in [-0.05, 0) is 0 Å². The Balaban J connectivity index is 2.59. The number of carbonyl (C=O) groups is 1. The molecule has 0 radical (unpaired) electrons. The predicted molar refractivity (Wildman–Crippen MR) is 46.1 cm³/mol. The van der Waals surface area contributed by atoms with E-state index in [4.69, 9.17) is 14.9 Å². The molecule has 16 heavy (non-hydrogen) atoms. The molecule has 1 aliphatic heterocycles. The monoisotopic (exact) mass is 258 g/mol. The SMILES string of the molecule is O=C(O)C1(O)C[C@@H](O)[C@@H](COP(=O)(O)O)O1. The normalized spacial score (nSPS) is 35.2. The van der Waals surface area contributed by atoms with Crippen LogP contribution in [-0.4, -0.2) is 55.7 Å². The van der Waals surface area contributed by atoms with Gasteiger partial charge in [0.1, 0.15) is 6.10 Å². The van der Waals surface area contributed by atoms with Gasteiger partial charge in [-0.1, -0.05) is 0 Å². The number of rotatable bonds is 4. The summed E-state index contributed by atoms with van der Waals surface area (Å²) < 4.78 is 18.9. The van der Waals surface area contributed by atoms with Gasteiger partial charge in [-0.15, -0.1) is 0 Å². The van der Waals surface area contributed by atoms with Gasteiger partial charge in [0.15, 0.2) is 0 Å². The van der Waals surface area contributed by atoms with Gasteiger partial charge in [0, 0.05) is 6.42 Å². The molecular formula is C6H11O9P. The highest BCUT2D eigenvalue weighted by Gasteiger charge is 2.51. The Kier molecular flexibility index (Phi) is 3.70. The van der Waals surface area contributed by atoms with Crippen LogP contribution >= 0.6 is 7.82 Å². The van der Waals surface area contributed by atoms with Crippen molar-refractivity contribution in [3.05, 3.63) is 0 Å². The molecule has 3 atom stereocenters. The van der Waals surface area contributed by atoms with Crippen molar-refractivity contribution in [1.29, 1.82) is 0 Å². The summed E-state index contributed by atoms with van der Waals surface area (Å²) in [6, 6.07) is 0. The fourth-order valence-corrected chi connectivity index (χ4v) is 1.59. The predicted octanol–water partition coefficient (Wildman–Crippen LogP) is -1.98. The number of carboxylic acid groups (broad SMARTS) is 1. The van der Waals surface area contributed by atoms with Crippen molar-refractivity contribution in [2.75, 3.05) is 6.61 Å². The Bertz CT molecular complexity index is 324. The van der Waals surface area contributed by atoms with Crippen LogP contribution in [0.1, 0.15) is 6.42 Å². The first-order valence-electron chi connectivity index (χ1n) is 4.16. The number of ether oxygens (including phenoxy) is 1. The van der Waals surface area contributed by atoms with E-state index in [1.165, 1.54) is 0 Å². The maximum Gasteiger partial charge on any atom is 0.469 e. The van der Waals surface area contributed by atoms with E-state index in [0.29, 0.717) is 0 Å². The van der Waals surface area contributed by atoms with Crippen molar-refractivity contribution in [3.63, 3.8) is 0 Å². The molecule has 1 unspecified atom stereocenters. The van der Waals surface area contributed by atoms with E-state index in [-0.39, 0.29) is 0 Å². The Morgan fingerprint density at radius 3 is 2.50 bits per heavy atom. The zero-order chi connectivity index (χ0) is 12.6. The molecule has 10 heteroatoms. The largest absolute Gasteiger partial charge is 0.477 e. The molecule has 1 fully saturated rings. The summed E-state index contributed by atoms with van der Waals surface area (Å²) in [7, 11) is -4.73. The molecule has 0 saturated carbocycles. The van der Waals surface area contributed by atoms with Crippen molar-refractivity contribution in [1.82, 2.24) is 0 Å². The van der Waals surface area contributed by atoms with E-state index in [0.717, 1.165) is 0 Å². The minimum Gasteiger partial charge on any atom is -0.477 e. The fraction of sp³-hybridized carbons (Fsp3) is 0.833. The number of carboxylic acids is 1. The zero-order valence-corrected chi connectivity index (χ0v) is 8.78. The standard InChI is InChI=1S/C6H11O9P/c7-3-1-6(10,5(8)9)15-4(3)2-14-16(11,12)13/h3-4,7,10H,1-2H2,(H,8,9)(H2,11,12,13)/t3-,4-,6?/m1/s1. The number of hydrogen-bond donors (Lipinski definition) is 5. The van der Waals surface area contributed by atoms with E-state index in [9.17, 15) is 19.6 Å². The third-order valence-electron chi connectivity index (χ3n) is 2.00. The molecule has 1 rings (SSSR count). The average molecular weight is 258 g/mol. The first kappa shape index (κ1) is 13.5. The van der Waals surface area contributed by atoms with Gasteiger partial charge in [-0.3, -0.25) is 4.52 Å². The van der Waals surface area contributed by atoms with Gasteiger partial charge in [-0.25, -0.2) is 9.36 Å². The molecule has 0 aromatic rings. The topological polar surface area (TPSA) is 154 Å². The number of aliphatic hydroxyl groups is 2. The van der Waals surface area contributed by atoms with Crippen LogP contribution in [0.3, 0.4) is 0 Å². The van der Waals surface area contributed by atoms with E-state index in [1.54, 1.807) is 0 Å². The highest BCUT2D eigenvalue weighted by Crippen LogP contribution is 2.38. The number of aliphatic carboxylic acids is 1. The zero-order valence-electron chi connectivity index (χ0n) is 7.89. The van der Waals surface area contributed by atoms with Crippen LogP contribution in [0, 0.1) is 0 Å². The van der Waals surface area contributed by atoms with Crippen molar-refractivity contribution in [2.24, 2.45) is 0 Å². The molecule has 1 heterocycles. The van der Waals surface area contributed by atoms with Gasteiger partial charge in [-0.2, -0.15) is 0 Å². The number of hydrogen-bond acceptors (Lipinski definition) is 6. The molecule has 0 aliphatic carbocycles. The first-order chi connectivity index (χ1) is 7.14. The lowest BCUT2D eigenvalue weighted by molar-refractivity contribution is -0.219. The van der Waals surface area contributed by atoms with Gasteiger partial charge >= 0.3 is 13.8 Å². The lowest BCUT2D eigenvalue weighted by Crippen LogP contribution is -2.38. The van der Waals surface area contributed by atoms with Crippen LogP contribution in [-0.2, 0) is 18.6 Å². The maximum absolute atomic E-state index is 10.5. The summed E-state index contributed by atoms with van der Waals surface area (Å²) in [5, 5.41) is 27.2. The van der Waals surface area contributed by atoms with Gasteiger partial charge in [0.05, 0.1) is 12.7 Å². The molecule has 1 aliphatic rings. The van der Waals surface area contributed by atoms with Crippen LogP contribution in [0.25, 0.3) is 0 Å². The molecule has 1 saturated heterocycles. The Morgan fingerprint density at radius 1 is 1.56 bits per heavy atom. The van der Waals surface area contributed by atoms with Crippen LogP contribution in [0.15, 0.2) is 0 Å². The number of phosphoric acid groups is 1. The van der Waals surface area contributed by atoms with E-state index < -0.39 is 44.8 Å². The lowest BCUT2D eigenvalue weighted by atomic mass is 10.1. The summed E-state index contributed by atoms with van der Waals surface area (Å²) in [6.45, 7) is -0.721. The molecule has 0 aromatic carbocycles. The molecule has 5 N–H and O–H groups in total. The minimum absolute atomic E-state index is 0.600. The van der Waals surface area contributed by atoms with Crippen LogP contribution in [0.4, 0.5) is 0 Å². The fourth-order valence-electron chi connectivity index (χ4n) is 1.25. The molecular weight excluding hydrogens is 247 g/mol. The van der Waals surface area contributed by atoms with Crippen LogP contribution < -0.4 is 0 Å². The second-order valence-electron chi connectivity index (χ2n) is 3.30. The van der Waals surface area contributed by atoms with Gasteiger partial charge < -0.3 is 29.8 Å². The summed E-state index contributed by atoms with van der Waals surface area (Å²) in [6.07, 6.45) is -3.29. The number of phosphoric ester groups is 1. The highest BCUT2D eigenvalue weighted by molar-refractivity contribution is 7.46. The highest BCUT2D eigenvalue weighted by atomic mass is 31.2. The summed E-state index contributed by atoms with van der Waals surface area (Å²) >= 11 is 0. The maximum atomic E-state index is 10.5. The van der Waals surface area contributed by atoms with Crippen LogP contribution in [0.5, 0.6) is 0 Å². The molecule has 0 spiro atoms. The molecule has 0 aromatic heterocycles. The summed E-state index contributed by atoms with van der Waals surface area (Å²) in [5.41, 5.74) is 0. The third kappa shape index (κ3) is 3.22. The Labute approximate surface area is 89.5 Å². The molecule has 94 valence electrons. The average Bonchev–Trinajstić information content (AvgIpc) is 2.38. The van der Waals surface area contributed by atoms with Crippen LogP contribution in [0.2, 0.25) is 0 Å². The lowest BCUT2D eigenvalue weighted by Gasteiger charge is -2.17. The van der Waals surface area contributed by atoms with E-state index in [1.807, 2.05) is 0 Å². The molecule has 0 amide bonds. The van der Waals surface area contributed by atoms with Gasteiger partial charge in [0.25, 0.3) is 5.79 Å². The van der Waals surface area contributed by atoms with Gasteiger partial charge in [0.2, 0.25) is 0 Å². The quantitative estimate of drug-likeness (QED) is 0.361. The van der Waals surface area contributed by atoms with E-state index >= 15 is 0 Å². The molecule has 0 bridgehead atoms. The van der Waals surface area contributed by atoms with Crippen molar-refractivity contribution >= 4 is 13.8 Å².